The molecule has 0 atom stereocenters. The van der Waals surface area contributed by atoms with Gasteiger partial charge in [-0.3, -0.25) is 0 Å². The Morgan fingerprint density at radius 1 is 1.27 bits per heavy atom. The van der Waals surface area contributed by atoms with Crippen molar-refractivity contribution in [1.82, 2.24) is 0 Å². The van der Waals surface area contributed by atoms with Crippen LogP contribution in [-0.4, -0.2) is 19.3 Å². The number of hydrogen-bond donors (Lipinski definition) is 1. The first-order chi connectivity index (χ1) is 5.11. The Hall–Kier alpha value is -1.38. The zero-order valence-electron chi connectivity index (χ0n) is 6.76. The van der Waals surface area contributed by atoms with Crippen molar-refractivity contribution in [2.75, 3.05) is 14.2 Å². The fraction of sp³-hybridized carbons (Fsp3) is 0.250. The lowest BCUT2D eigenvalue weighted by Gasteiger charge is -2.06. The maximum Gasteiger partial charge on any atom is 0.163 e. The van der Waals surface area contributed by atoms with Gasteiger partial charge in [0.2, 0.25) is 0 Å². The van der Waals surface area contributed by atoms with Crippen LogP contribution < -0.4 is 0 Å². The van der Waals surface area contributed by atoms with Gasteiger partial charge in [-0.05, 0) is 0 Å². The minimum Gasteiger partial charge on any atom is -0.508 e. The lowest BCUT2D eigenvalue weighted by Crippen LogP contribution is -1.94. The second-order valence-electron chi connectivity index (χ2n) is 1.83. The molecule has 0 aromatic carbocycles. The number of aliphatic hydroxyl groups excluding tert-OH is 1. The summed E-state index contributed by atoms with van der Waals surface area (Å²) in [6.45, 7) is 6.79. The third kappa shape index (κ3) is 3.35. The van der Waals surface area contributed by atoms with E-state index in [1.807, 2.05) is 0 Å². The predicted octanol–water partition coefficient (Wildman–Crippen LogP) is 1.75. The van der Waals surface area contributed by atoms with Crippen molar-refractivity contribution in [1.29, 1.82) is 0 Å². The minimum atomic E-state index is -0.0972. The molecular formula is C8H12O3. The molecule has 0 fully saturated rings. The molecule has 3 heteroatoms. The van der Waals surface area contributed by atoms with Crippen LogP contribution in [0.3, 0.4) is 0 Å². The largest absolute Gasteiger partial charge is 0.508 e. The van der Waals surface area contributed by atoms with Crippen LogP contribution in [0.4, 0.5) is 0 Å². The first kappa shape index (κ1) is 9.62. The van der Waals surface area contributed by atoms with Crippen LogP contribution >= 0.6 is 0 Å². The molecule has 0 aliphatic heterocycles. The Morgan fingerprint density at radius 3 is 2.09 bits per heavy atom. The van der Waals surface area contributed by atoms with E-state index in [0.717, 1.165) is 0 Å². The Balaban J connectivity index is 4.39. The van der Waals surface area contributed by atoms with Crippen molar-refractivity contribution >= 4 is 0 Å². The van der Waals surface area contributed by atoms with Gasteiger partial charge in [-0.2, -0.15) is 0 Å². The fourth-order valence-corrected chi connectivity index (χ4v) is 0.505. The summed E-state index contributed by atoms with van der Waals surface area (Å²) < 4.78 is 9.59. The summed E-state index contributed by atoms with van der Waals surface area (Å²) in [5, 5.41) is 8.75. The smallest absolute Gasteiger partial charge is 0.163 e. The van der Waals surface area contributed by atoms with Gasteiger partial charge < -0.3 is 14.6 Å². The van der Waals surface area contributed by atoms with E-state index in [4.69, 9.17) is 14.6 Å². The second-order valence-corrected chi connectivity index (χ2v) is 1.83. The first-order valence-corrected chi connectivity index (χ1v) is 2.98. The minimum absolute atomic E-state index is 0.0972. The number of ether oxygens (including phenoxy) is 2. The number of aliphatic hydroxyl groups is 1. The highest BCUT2D eigenvalue weighted by Gasteiger charge is 2.01. The summed E-state index contributed by atoms with van der Waals surface area (Å²) in [5.74, 6) is 0.614. The molecule has 0 saturated carbocycles. The Bertz CT molecular complexity index is 192. The molecule has 0 bridgehead atoms. The molecular weight excluding hydrogens is 144 g/mol. The molecule has 0 amide bonds. The molecule has 0 rings (SSSR count). The van der Waals surface area contributed by atoms with Gasteiger partial charge in [0, 0.05) is 6.08 Å². The third-order valence-electron chi connectivity index (χ3n) is 1.04. The molecule has 0 radical (unpaired) electrons. The van der Waals surface area contributed by atoms with Gasteiger partial charge in [0.15, 0.2) is 11.5 Å². The van der Waals surface area contributed by atoms with Gasteiger partial charge in [-0.1, -0.05) is 13.2 Å². The number of allylic oxidation sites excluding steroid dienone is 1. The fourth-order valence-electron chi connectivity index (χ4n) is 0.505. The quantitative estimate of drug-likeness (QED) is 0.497. The Morgan fingerprint density at radius 2 is 1.82 bits per heavy atom. The molecule has 0 spiro atoms. The topological polar surface area (TPSA) is 38.7 Å². The lowest BCUT2D eigenvalue weighted by molar-refractivity contribution is 0.220. The zero-order valence-corrected chi connectivity index (χ0v) is 6.76. The summed E-state index contributed by atoms with van der Waals surface area (Å²) in [7, 11) is 2.92. The van der Waals surface area contributed by atoms with E-state index in [0.29, 0.717) is 11.5 Å². The maximum atomic E-state index is 8.75. The number of rotatable bonds is 4. The van der Waals surface area contributed by atoms with Crippen LogP contribution in [0.5, 0.6) is 0 Å². The molecule has 3 nitrogen and oxygen atoms in total. The number of hydrogen-bond acceptors (Lipinski definition) is 3. The Labute approximate surface area is 66.2 Å². The summed E-state index contributed by atoms with van der Waals surface area (Å²) in [6.07, 6.45) is 1.33. The molecule has 0 unspecified atom stereocenters. The molecule has 0 aliphatic rings. The molecule has 0 aromatic heterocycles. The SMILES string of the molecule is C=C(O)/C=C(/OC)C(=C)OC. The third-order valence-corrected chi connectivity index (χ3v) is 1.04. The molecule has 0 aromatic rings. The highest BCUT2D eigenvalue weighted by atomic mass is 16.5. The highest BCUT2D eigenvalue weighted by molar-refractivity contribution is 5.23. The highest BCUT2D eigenvalue weighted by Crippen LogP contribution is 2.09. The molecule has 0 aliphatic carbocycles. The average molecular weight is 156 g/mol. The zero-order chi connectivity index (χ0) is 8.85. The van der Waals surface area contributed by atoms with Gasteiger partial charge in [0.05, 0.1) is 14.2 Å². The summed E-state index contributed by atoms with van der Waals surface area (Å²) >= 11 is 0. The molecule has 1 N–H and O–H groups in total. The van der Waals surface area contributed by atoms with Crippen molar-refractivity contribution in [2.45, 2.75) is 0 Å². The summed E-state index contributed by atoms with van der Waals surface area (Å²) in [5.41, 5.74) is 0. The molecule has 0 saturated heterocycles. The van der Waals surface area contributed by atoms with E-state index in [1.54, 1.807) is 0 Å². The van der Waals surface area contributed by atoms with Gasteiger partial charge in [0.1, 0.15) is 5.76 Å². The van der Waals surface area contributed by atoms with E-state index in [2.05, 4.69) is 13.2 Å². The Kier molecular flexibility index (Phi) is 3.88. The van der Waals surface area contributed by atoms with Crippen LogP contribution in [0.15, 0.2) is 36.5 Å². The van der Waals surface area contributed by atoms with Crippen molar-refractivity contribution in [3.8, 4) is 0 Å². The second kappa shape index (κ2) is 4.44. The van der Waals surface area contributed by atoms with Crippen LogP contribution in [0, 0.1) is 0 Å². The van der Waals surface area contributed by atoms with Gasteiger partial charge in [-0.25, -0.2) is 0 Å². The normalized spacial score (nSPS) is 10.5. The van der Waals surface area contributed by atoms with Crippen LogP contribution in [-0.2, 0) is 9.47 Å². The van der Waals surface area contributed by atoms with E-state index in [1.165, 1.54) is 20.3 Å². The monoisotopic (exact) mass is 156 g/mol. The first-order valence-electron chi connectivity index (χ1n) is 2.98. The average Bonchev–Trinajstić information content (AvgIpc) is 1.98. The van der Waals surface area contributed by atoms with Crippen molar-refractivity contribution < 1.29 is 14.6 Å². The standard InChI is InChI=1S/C8H12O3/c1-6(9)5-8(11-4)7(2)10-3/h5,9H,1-2H2,3-4H3/b8-5+. The van der Waals surface area contributed by atoms with E-state index in [9.17, 15) is 0 Å². The van der Waals surface area contributed by atoms with Gasteiger partial charge >= 0.3 is 0 Å². The van der Waals surface area contributed by atoms with Crippen molar-refractivity contribution in [2.24, 2.45) is 0 Å². The van der Waals surface area contributed by atoms with E-state index < -0.39 is 0 Å². The molecule has 0 heterocycles. The predicted molar refractivity (Wildman–Crippen MR) is 43.0 cm³/mol. The summed E-state index contributed by atoms with van der Waals surface area (Å²) in [4.78, 5) is 0. The molecule has 11 heavy (non-hydrogen) atoms. The van der Waals surface area contributed by atoms with Crippen molar-refractivity contribution in [3.63, 3.8) is 0 Å². The van der Waals surface area contributed by atoms with E-state index in [-0.39, 0.29) is 5.76 Å². The maximum absolute atomic E-state index is 8.75. The van der Waals surface area contributed by atoms with Crippen molar-refractivity contribution in [3.05, 3.63) is 36.5 Å². The van der Waals surface area contributed by atoms with Crippen LogP contribution in [0.2, 0.25) is 0 Å². The molecule has 62 valence electrons. The summed E-state index contributed by atoms with van der Waals surface area (Å²) in [6, 6.07) is 0. The van der Waals surface area contributed by atoms with E-state index >= 15 is 0 Å². The number of methoxy groups -OCH3 is 2. The van der Waals surface area contributed by atoms with Gasteiger partial charge in [0.25, 0.3) is 0 Å². The van der Waals surface area contributed by atoms with Gasteiger partial charge in [-0.15, -0.1) is 0 Å². The van der Waals surface area contributed by atoms with Crippen LogP contribution in [0.1, 0.15) is 0 Å². The van der Waals surface area contributed by atoms with Crippen LogP contribution in [0.25, 0.3) is 0 Å². The lowest BCUT2D eigenvalue weighted by atomic mass is 10.3.